The second-order valence-electron chi connectivity index (χ2n) is 3.29. The molecular weight excluding hydrogens is 170 g/mol. The summed E-state index contributed by atoms with van der Waals surface area (Å²) in [6, 6.07) is 0. The number of hydrogen-bond donors (Lipinski definition) is 1. The number of thiol groups is 1. The van der Waals surface area contributed by atoms with E-state index in [-0.39, 0.29) is 5.25 Å². The van der Waals surface area contributed by atoms with E-state index >= 15 is 0 Å². The first-order valence-corrected chi connectivity index (χ1v) is 4.63. The number of rotatable bonds is 2. The summed E-state index contributed by atoms with van der Waals surface area (Å²) in [7, 11) is 1.84. The van der Waals surface area contributed by atoms with Gasteiger partial charge < -0.3 is 0 Å². The van der Waals surface area contributed by atoms with E-state index in [2.05, 4.69) is 36.7 Å². The Labute approximate surface area is 78.6 Å². The van der Waals surface area contributed by atoms with Gasteiger partial charge in [0.05, 0.1) is 11.4 Å². The van der Waals surface area contributed by atoms with E-state index in [0.29, 0.717) is 5.92 Å². The predicted octanol–water partition coefficient (Wildman–Crippen LogP) is 1.93. The van der Waals surface area contributed by atoms with Gasteiger partial charge in [0.2, 0.25) is 0 Å². The molecule has 0 fully saturated rings. The highest BCUT2D eigenvalue weighted by atomic mass is 32.1. The highest BCUT2D eigenvalue weighted by molar-refractivity contribution is 7.80. The van der Waals surface area contributed by atoms with E-state index in [4.69, 9.17) is 0 Å². The topological polar surface area (TPSA) is 30.7 Å². The molecule has 0 saturated carbocycles. The van der Waals surface area contributed by atoms with E-state index in [9.17, 15) is 0 Å². The third-order valence-corrected chi connectivity index (χ3v) is 1.95. The van der Waals surface area contributed by atoms with Gasteiger partial charge in [-0.15, -0.1) is 0 Å². The van der Waals surface area contributed by atoms with Crippen molar-refractivity contribution >= 4 is 12.6 Å². The minimum Gasteiger partial charge on any atom is -0.187 e. The van der Waals surface area contributed by atoms with Crippen LogP contribution < -0.4 is 0 Å². The quantitative estimate of drug-likeness (QED) is 0.714. The van der Waals surface area contributed by atoms with Crippen molar-refractivity contribution in [1.29, 1.82) is 0 Å². The van der Waals surface area contributed by atoms with Gasteiger partial charge in [-0.1, -0.05) is 13.8 Å². The Hall–Kier alpha value is -0.510. The first kappa shape index (κ1) is 9.58. The maximum absolute atomic E-state index is 4.35. The Bertz CT molecular complexity index is 240. The van der Waals surface area contributed by atoms with Crippen molar-refractivity contribution in [3.63, 3.8) is 0 Å². The average Bonchev–Trinajstić information content (AvgIpc) is 2.31. The fraction of sp³-hybridized carbons (Fsp3) is 0.750. The minimum atomic E-state index is 0.163. The maximum atomic E-state index is 4.35. The average molecular weight is 185 g/mol. The molecule has 68 valence electrons. The lowest BCUT2D eigenvalue weighted by Crippen LogP contribution is -1.95. The van der Waals surface area contributed by atoms with Crippen molar-refractivity contribution in [3.8, 4) is 0 Å². The van der Waals surface area contributed by atoms with Crippen LogP contribution in [0.2, 0.25) is 0 Å². The van der Waals surface area contributed by atoms with Gasteiger partial charge in [-0.2, -0.15) is 27.6 Å². The molecular formula is C8H15N3S. The van der Waals surface area contributed by atoms with Crippen LogP contribution in [0.4, 0.5) is 0 Å². The molecule has 0 aromatic carbocycles. The van der Waals surface area contributed by atoms with Crippen LogP contribution in [-0.2, 0) is 7.05 Å². The minimum absolute atomic E-state index is 0.163. The van der Waals surface area contributed by atoms with Gasteiger partial charge in [0.1, 0.15) is 0 Å². The van der Waals surface area contributed by atoms with Gasteiger partial charge >= 0.3 is 0 Å². The van der Waals surface area contributed by atoms with Gasteiger partial charge in [-0.05, 0) is 12.8 Å². The molecule has 1 heterocycles. The van der Waals surface area contributed by atoms with Crippen LogP contribution in [0.1, 0.15) is 43.3 Å². The summed E-state index contributed by atoms with van der Waals surface area (Å²) in [5, 5.41) is 8.71. The smallest absolute Gasteiger partial charge is 0.0986 e. The number of nitrogens with zero attached hydrogens (tertiary/aromatic N) is 3. The molecule has 0 aliphatic carbocycles. The summed E-state index contributed by atoms with van der Waals surface area (Å²) in [4.78, 5) is 1.61. The van der Waals surface area contributed by atoms with Gasteiger partial charge in [0.25, 0.3) is 0 Å². The highest BCUT2D eigenvalue weighted by Crippen LogP contribution is 2.24. The van der Waals surface area contributed by atoms with E-state index in [1.54, 1.807) is 4.80 Å². The normalized spacial score (nSPS) is 13.8. The summed E-state index contributed by atoms with van der Waals surface area (Å²) in [5.41, 5.74) is 2.05. The first-order chi connectivity index (χ1) is 5.52. The molecule has 1 unspecified atom stereocenters. The van der Waals surface area contributed by atoms with Gasteiger partial charge in [0.15, 0.2) is 0 Å². The van der Waals surface area contributed by atoms with Crippen LogP contribution in [0, 0.1) is 0 Å². The van der Waals surface area contributed by atoms with E-state index in [0.717, 1.165) is 11.4 Å². The van der Waals surface area contributed by atoms with Crippen LogP contribution in [0.3, 0.4) is 0 Å². The molecule has 0 N–H and O–H groups in total. The fourth-order valence-electron chi connectivity index (χ4n) is 1.15. The second kappa shape index (κ2) is 3.47. The Morgan fingerprint density at radius 3 is 2.00 bits per heavy atom. The summed E-state index contributed by atoms with van der Waals surface area (Å²) in [5.74, 6) is 0.420. The van der Waals surface area contributed by atoms with Crippen molar-refractivity contribution in [3.05, 3.63) is 11.4 Å². The molecule has 4 heteroatoms. The van der Waals surface area contributed by atoms with Crippen molar-refractivity contribution in [2.75, 3.05) is 0 Å². The van der Waals surface area contributed by atoms with Crippen molar-refractivity contribution in [2.45, 2.75) is 31.9 Å². The molecule has 1 atom stereocenters. The Kier molecular flexibility index (Phi) is 2.77. The van der Waals surface area contributed by atoms with Gasteiger partial charge in [0, 0.05) is 12.3 Å². The largest absolute Gasteiger partial charge is 0.187 e. The molecule has 0 aliphatic rings. The molecule has 0 bridgehead atoms. The Morgan fingerprint density at radius 2 is 1.67 bits per heavy atom. The maximum Gasteiger partial charge on any atom is 0.0986 e. The summed E-state index contributed by atoms with van der Waals surface area (Å²) in [6.45, 7) is 6.24. The summed E-state index contributed by atoms with van der Waals surface area (Å²) < 4.78 is 0. The third kappa shape index (κ3) is 1.80. The van der Waals surface area contributed by atoms with Crippen molar-refractivity contribution in [2.24, 2.45) is 7.05 Å². The molecule has 1 rings (SSSR count). The zero-order valence-electron chi connectivity index (χ0n) is 7.94. The number of aromatic nitrogens is 3. The summed E-state index contributed by atoms with van der Waals surface area (Å²) in [6.07, 6.45) is 0. The lowest BCUT2D eigenvalue weighted by atomic mass is 10.1. The molecule has 0 radical (unpaired) electrons. The molecule has 0 saturated heterocycles. The highest BCUT2D eigenvalue weighted by Gasteiger charge is 2.15. The van der Waals surface area contributed by atoms with Crippen LogP contribution in [0.5, 0.6) is 0 Å². The van der Waals surface area contributed by atoms with E-state index < -0.39 is 0 Å². The van der Waals surface area contributed by atoms with Gasteiger partial charge in [-0.25, -0.2) is 0 Å². The fourth-order valence-corrected chi connectivity index (χ4v) is 1.33. The van der Waals surface area contributed by atoms with E-state index in [1.807, 2.05) is 14.0 Å². The Morgan fingerprint density at radius 1 is 1.17 bits per heavy atom. The molecule has 1 aromatic heterocycles. The SMILES string of the molecule is CC(C)c1nn(C)nc1C(C)S. The summed E-state index contributed by atoms with van der Waals surface area (Å²) >= 11 is 4.35. The van der Waals surface area contributed by atoms with Crippen LogP contribution in [0.15, 0.2) is 0 Å². The van der Waals surface area contributed by atoms with Gasteiger partial charge in [-0.3, -0.25) is 0 Å². The monoisotopic (exact) mass is 185 g/mol. The van der Waals surface area contributed by atoms with Crippen LogP contribution in [0.25, 0.3) is 0 Å². The molecule has 12 heavy (non-hydrogen) atoms. The molecule has 0 spiro atoms. The zero-order valence-corrected chi connectivity index (χ0v) is 8.84. The molecule has 1 aromatic rings. The van der Waals surface area contributed by atoms with E-state index in [1.165, 1.54) is 0 Å². The lowest BCUT2D eigenvalue weighted by molar-refractivity contribution is 0.633. The van der Waals surface area contributed by atoms with Crippen molar-refractivity contribution < 1.29 is 0 Å². The molecule has 3 nitrogen and oxygen atoms in total. The van der Waals surface area contributed by atoms with Crippen LogP contribution >= 0.6 is 12.6 Å². The number of aryl methyl sites for hydroxylation is 1. The molecule has 0 amide bonds. The third-order valence-electron chi connectivity index (χ3n) is 1.71. The standard InChI is InChI=1S/C8H15N3S/c1-5(2)7-8(6(3)12)10-11(4)9-7/h5-6,12H,1-4H3. The molecule has 0 aliphatic heterocycles. The number of hydrogen-bond acceptors (Lipinski definition) is 3. The second-order valence-corrected chi connectivity index (χ2v) is 4.07. The Balaban J connectivity index is 3.08. The van der Waals surface area contributed by atoms with Crippen LogP contribution in [-0.4, -0.2) is 15.0 Å². The van der Waals surface area contributed by atoms with Crippen molar-refractivity contribution in [1.82, 2.24) is 15.0 Å². The lowest BCUT2D eigenvalue weighted by Gasteiger charge is -2.04. The predicted molar refractivity (Wildman–Crippen MR) is 52.5 cm³/mol. The zero-order chi connectivity index (χ0) is 9.30. The first-order valence-electron chi connectivity index (χ1n) is 4.11.